The second-order valence-electron chi connectivity index (χ2n) is 5.85. The van der Waals surface area contributed by atoms with Crippen molar-refractivity contribution in [1.29, 1.82) is 0 Å². The van der Waals surface area contributed by atoms with Gasteiger partial charge in [-0.3, -0.25) is 4.90 Å². The van der Waals surface area contributed by atoms with E-state index in [9.17, 15) is 0 Å². The number of hydrogen-bond acceptors (Lipinski definition) is 3. The molecule has 108 valence electrons. The van der Waals surface area contributed by atoms with Crippen molar-refractivity contribution in [3.05, 3.63) is 12.2 Å². The molecule has 1 atom stereocenters. The van der Waals surface area contributed by atoms with Crippen LogP contribution >= 0.6 is 15.9 Å². The molecule has 1 aliphatic heterocycles. The van der Waals surface area contributed by atoms with Crippen LogP contribution in [0, 0.1) is 5.92 Å². The van der Waals surface area contributed by atoms with Crippen LogP contribution in [0.25, 0.3) is 0 Å². The van der Waals surface area contributed by atoms with E-state index in [-0.39, 0.29) is 0 Å². The molecule has 19 heavy (non-hydrogen) atoms. The summed E-state index contributed by atoms with van der Waals surface area (Å²) in [6, 6.07) is 0.738. The van der Waals surface area contributed by atoms with E-state index in [1.165, 1.54) is 32.2 Å². The number of nitrogens with zero attached hydrogens (tertiary/aromatic N) is 4. The minimum absolute atomic E-state index is 0.614. The molecule has 1 unspecified atom stereocenters. The lowest BCUT2D eigenvalue weighted by Crippen LogP contribution is -2.30. The number of aromatic nitrogens is 3. The maximum absolute atomic E-state index is 4.45. The molecule has 1 aromatic heterocycles. The average Bonchev–Trinajstić information content (AvgIpc) is 2.97. The molecule has 2 rings (SSSR count). The Morgan fingerprint density at radius 2 is 2.32 bits per heavy atom. The van der Waals surface area contributed by atoms with Crippen molar-refractivity contribution in [3.63, 3.8) is 0 Å². The molecule has 0 spiro atoms. The summed E-state index contributed by atoms with van der Waals surface area (Å²) in [5.41, 5.74) is 0. The van der Waals surface area contributed by atoms with Crippen LogP contribution < -0.4 is 0 Å². The van der Waals surface area contributed by atoms with E-state index < -0.39 is 0 Å². The van der Waals surface area contributed by atoms with E-state index in [1.807, 2.05) is 0 Å². The van der Waals surface area contributed by atoms with Gasteiger partial charge in [0.2, 0.25) is 0 Å². The average molecular weight is 329 g/mol. The van der Waals surface area contributed by atoms with Crippen LogP contribution in [-0.4, -0.2) is 37.6 Å². The Kier molecular flexibility index (Phi) is 5.82. The van der Waals surface area contributed by atoms with Crippen molar-refractivity contribution in [2.24, 2.45) is 5.92 Å². The molecule has 1 aromatic rings. The van der Waals surface area contributed by atoms with Crippen LogP contribution in [0.4, 0.5) is 0 Å². The van der Waals surface area contributed by atoms with Gasteiger partial charge in [0.25, 0.3) is 0 Å². The second kappa shape index (κ2) is 7.39. The molecule has 4 nitrogen and oxygen atoms in total. The summed E-state index contributed by atoms with van der Waals surface area (Å²) < 4.78 is 2.07. The van der Waals surface area contributed by atoms with Crippen LogP contribution in [0.5, 0.6) is 0 Å². The Morgan fingerprint density at radius 3 is 3.05 bits per heavy atom. The molecule has 5 heteroatoms. The van der Waals surface area contributed by atoms with E-state index >= 15 is 0 Å². The van der Waals surface area contributed by atoms with Crippen molar-refractivity contribution < 1.29 is 0 Å². The number of alkyl halides is 1. The Labute approximate surface area is 124 Å². The van der Waals surface area contributed by atoms with Gasteiger partial charge < -0.3 is 0 Å². The third kappa shape index (κ3) is 4.28. The zero-order valence-corrected chi connectivity index (χ0v) is 13.6. The smallest absolute Gasteiger partial charge is 0.141 e. The summed E-state index contributed by atoms with van der Waals surface area (Å²) in [6.07, 6.45) is 6.92. The van der Waals surface area contributed by atoms with Crippen molar-refractivity contribution in [1.82, 2.24) is 19.7 Å². The predicted molar refractivity (Wildman–Crippen MR) is 81.3 cm³/mol. The van der Waals surface area contributed by atoms with Gasteiger partial charge in [0.15, 0.2) is 0 Å². The molecule has 1 aliphatic rings. The number of rotatable bonds is 7. The third-order valence-corrected chi connectivity index (χ3v) is 4.31. The van der Waals surface area contributed by atoms with E-state index in [1.54, 1.807) is 6.33 Å². The SMILES string of the molecule is CC(C)Cn1ncnc1CN1CCCC1CCCBr. The zero-order valence-electron chi connectivity index (χ0n) is 12.1. The monoisotopic (exact) mass is 328 g/mol. The third-order valence-electron chi connectivity index (χ3n) is 3.75. The second-order valence-corrected chi connectivity index (χ2v) is 6.64. The van der Waals surface area contributed by atoms with Gasteiger partial charge in [-0.25, -0.2) is 9.67 Å². The molecule has 0 aromatic carbocycles. The lowest BCUT2D eigenvalue weighted by molar-refractivity contribution is 0.222. The molecular weight excluding hydrogens is 304 g/mol. The molecule has 0 radical (unpaired) electrons. The van der Waals surface area contributed by atoms with Gasteiger partial charge in [0, 0.05) is 17.9 Å². The topological polar surface area (TPSA) is 34.0 Å². The zero-order chi connectivity index (χ0) is 13.7. The molecule has 2 heterocycles. The fourth-order valence-electron chi connectivity index (χ4n) is 2.83. The van der Waals surface area contributed by atoms with Crippen LogP contribution in [0.3, 0.4) is 0 Å². The highest BCUT2D eigenvalue weighted by Gasteiger charge is 2.25. The first-order chi connectivity index (χ1) is 9.20. The summed E-state index contributed by atoms with van der Waals surface area (Å²) >= 11 is 3.53. The molecule has 1 fully saturated rings. The number of halogens is 1. The first-order valence-electron chi connectivity index (χ1n) is 7.37. The summed E-state index contributed by atoms with van der Waals surface area (Å²) in [4.78, 5) is 7.04. The fourth-order valence-corrected chi connectivity index (χ4v) is 3.16. The number of likely N-dealkylation sites (tertiary alicyclic amines) is 1. The summed E-state index contributed by atoms with van der Waals surface area (Å²) in [6.45, 7) is 7.58. The lowest BCUT2D eigenvalue weighted by atomic mass is 10.1. The van der Waals surface area contributed by atoms with Gasteiger partial charge in [-0.1, -0.05) is 29.8 Å². The van der Waals surface area contributed by atoms with Crippen LogP contribution in [0.1, 0.15) is 45.4 Å². The highest BCUT2D eigenvalue weighted by molar-refractivity contribution is 9.09. The van der Waals surface area contributed by atoms with Crippen molar-refractivity contribution in [2.45, 2.75) is 58.7 Å². The quantitative estimate of drug-likeness (QED) is 0.721. The van der Waals surface area contributed by atoms with Gasteiger partial charge in [-0.15, -0.1) is 0 Å². The number of hydrogen-bond donors (Lipinski definition) is 0. The van der Waals surface area contributed by atoms with Crippen molar-refractivity contribution in [2.75, 3.05) is 11.9 Å². The Balaban J connectivity index is 1.94. The lowest BCUT2D eigenvalue weighted by Gasteiger charge is -2.24. The van der Waals surface area contributed by atoms with Crippen molar-refractivity contribution >= 4 is 15.9 Å². The Morgan fingerprint density at radius 1 is 1.47 bits per heavy atom. The summed E-state index contributed by atoms with van der Waals surface area (Å²) in [5.74, 6) is 1.74. The molecule has 0 bridgehead atoms. The highest BCUT2D eigenvalue weighted by Crippen LogP contribution is 2.23. The predicted octanol–water partition coefficient (Wildman–Crippen LogP) is 3.07. The van der Waals surface area contributed by atoms with Gasteiger partial charge in [-0.2, -0.15) is 5.10 Å². The maximum atomic E-state index is 4.45. The molecule has 0 N–H and O–H groups in total. The normalized spacial score (nSPS) is 20.5. The van der Waals surface area contributed by atoms with Gasteiger partial charge in [-0.05, 0) is 38.1 Å². The maximum Gasteiger partial charge on any atom is 0.141 e. The summed E-state index contributed by atoms with van der Waals surface area (Å²) in [7, 11) is 0. The van der Waals surface area contributed by atoms with Crippen LogP contribution in [-0.2, 0) is 13.1 Å². The van der Waals surface area contributed by atoms with Crippen LogP contribution in [0.2, 0.25) is 0 Å². The van der Waals surface area contributed by atoms with Gasteiger partial charge in [0.1, 0.15) is 12.2 Å². The molecule has 1 saturated heterocycles. The van der Waals surface area contributed by atoms with E-state index in [0.717, 1.165) is 30.3 Å². The highest BCUT2D eigenvalue weighted by atomic mass is 79.9. The largest absolute Gasteiger partial charge is 0.293 e. The Bertz CT molecular complexity index is 377. The molecule has 0 saturated carbocycles. The first-order valence-corrected chi connectivity index (χ1v) is 8.49. The van der Waals surface area contributed by atoms with Crippen molar-refractivity contribution in [3.8, 4) is 0 Å². The van der Waals surface area contributed by atoms with Gasteiger partial charge >= 0.3 is 0 Å². The standard InChI is InChI=1S/C14H25BrN4/c1-12(2)9-19-14(16-11-17-19)10-18-8-4-6-13(18)5-3-7-15/h11-13H,3-10H2,1-2H3. The Hall–Kier alpha value is -0.420. The van der Waals surface area contributed by atoms with Crippen LogP contribution in [0.15, 0.2) is 6.33 Å². The molecule has 0 aliphatic carbocycles. The van der Waals surface area contributed by atoms with Gasteiger partial charge in [0.05, 0.1) is 6.54 Å². The first kappa shape index (κ1) is 15.0. The van der Waals surface area contributed by atoms with E-state index in [2.05, 4.69) is 49.4 Å². The fraction of sp³-hybridized carbons (Fsp3) is 0.857. The minimum Gasteiger partial charge on any atom is -0.293 e. The van der Waals surface area contributed by atoms with E-state index in [4.69, 9.17) is 0 Å². The molecular formula is C14H25BrN4. The summed E-state index contributed by atoms with van der Waals surface area (Å²) in [5, 5.41) is 5.47. The minimum atomic E-state index is 0.614. The molecule has 0 amide bonds. The van der Waals surface area contributed by atoms with E-state index in [0.29, 0.717) is 5.92 Å².